The second-order valence-electron chi connectivity index (χ2n) is 7.57. The number of ether oxygens (including phenoxy) is 4. The molecule has 1 saturated heterocycles. The molecule has 2 aromatic carbocycles. The molecule has 2 aliphatic heterocycles. The molecule has 0 spiro atoms. The largest absolute Gasteiger partial charge is 0.507 e. The van der Waals surface area contributed by atoms with Crippen LogP contribution in [-0.4, -0.2) is 81.8 Å². The fourth-order valence-corrected chi connectivity index (χ4v) is 3.60. The van der Waals surface area contributed by atoms with E-state index in [4.69, 9.17) is 18.9 Å². The van der Waals surface area contributed by atoms with Gasteiger partial charge in [-0.1, -0.05) is 6.07 Å². The summed E-state index contributed by atoms with van der Waals surface area (Å²) in [6, 6.07) is 9.15. The van der Waals surface area contributed by atoms with Crippen LogP contribution >= 0.6 is 0 Å². The maximum atomic E-state index is 12.7. The number of fused-ring (bicyclic) bond motifs is 1. The molecular formula is C22H24O10. The number of aliphatic hydroxyl groups is 4. The smallest absolute Gasteiger partial charge is 0.229 e. The van der Waals surface area contributed by atoms with Gasteiger partial charge in [-0.15, -0.1) is 0 Å². The van der Waals surface area contributed by atoms with Crippen molar-refractivity contribution in [3.63, 3.8) is 0 Å². The first-order chi connectivity index (χ1) is 15.4. The third-order valence-corrected chi connectivity index (χ3v) is 5.34. The van der Waals surface area contributed by atoms with Crippen LogP contribution < -0.4 is 14.2 Å². The highest BCUT2D eigenvalue weighted by Gasteiger charge is 2.44. The monoisotopic (exact) mass is 448 g/mol. The summed E-state index contributed by atoms with van der Waals surface area (Å²) in [5.41, 5.74) is 0.765. The average Bonchev–Trinajstić information content (AvgIpc) is 2.79. The Kier molecular flexibility index (Phi) is 6.49. The summed E-state index contributed by atoms with van der Waals surface area (Å²) in [7, 11) is 0. The normalized spacial score (nSPS) is 27.1. The minimum absolute atomic E-state index is 0.0249. The quantitative estimate of drug-likeness (QED) is 0.374. The molecule has 10 heteroatoms. The van der Waals surface area contributed by atoms with E-state index >= 15 is 0 Å². The molecule has 1 fully saturated rings. The van der Waals surface area contributed by atoms with Crippen molar-refractivity contribution in [2.24, 2.45) is 0 Å². The molecule has 0 amide bonds. The molecule has 5 atom stereocenters. The van der Waals surface area contributed by atoms with Gasteiger partial charge in [0.15, 0.2) is 17.3 Å². The molecule has 3 unspecified atom stereocenters. The molecule has 0 saturated carbocycles. The van der Waals surface area contributed by atoms with Gasteiger partial charge in [0.2, 0.25) is 6.29 Å². The minimum Gasteiger partial charge on any atom is -0.507 e. The van der Waals surface area contributed by atoms with Crippen LogP contribution in [0.25, 0.3) is 0 Å². The lowest BCUT2D eigenvalue weighted by molar-refractivity contribution is -0.277. The Morgan fingerprint density at radius 1 is 0.969 bits per heavy atom. The highest BCUT2D eigenvalue weighted by atomic mass is 16.7. The maximum Gasteiger partial charge on any atom is 0.229 e. The van der Waals surface area contributed by atoms with Crippen LogP contribution in [0.4, 0.5) is 0 Å². The van der Waals surface area contributed by atoms with E-state index in [9.17, 15) is 30.3 Å². The summed E-state index contributed by atoms with van der Waals surface area (Å²) in [5.74, 6) is 0.565. The van der Waals surface area contributed by atoms with E-state index in [0.717, 1.165) is 0 Å². The summed E-state index contributed by atoms with van der Waals surface area (Å²) in [4.78, 5) is 12.7. The number of carbonyl (C=O) groups is 1. The molecular weight excluding hydrogens is 424 g/mol. The zero-order valence-corrected chi connectivity index (χ0v) is 17.0. The number of aliphatic hydroxyl groups excluding tert-OH is 4. The van der Waals surface area contributed by atoms with E-state index in [2.05, 4.69) is 0 Å². The van der Waals surface area contributed by atoms with Crippen molar-refractivity contribution in [2.45, 2.75) is 37.1 Å². The van der Waals surface area contributed by atoms with Crippen molar-refractivity contribution in [2.75, 3.05) is 19.8 Å². The number of aromatic hydroxyl groups is 1. The Bertz CT molecular complexity index is 975. The summed E-state index contributed by atoms with van der Waals surface area (Å²) >= 11 is 0. The van der Waals surface area contributed by atoms with Crippen LogP contribution in [0.1, 0.15) is 15.9 Å². The summed E-state index contributed by atoms with van der Waals surface area (Å²) in [5, 5.41) is 49.3. The van der Waals surface area contributed by atoms with Gasteiger partial charge in [-0.05, 0) is 29.8 Å². The lowest BCUT2D eigenvalue weighted by atomic mass is 9.99. The Morgan fingerprint density at radius 3 is 2.44 bits per heavy atom. The van der Waals surface area contributed by atoms with Crippen molar-refractivity contribution >= 4 is 5.78 Å². The van der Waals surface area contributed by atoms with Crippen LogP contribution in [-0.2, 0) is 11.2 Å². The van der Waals surface area contributed by atoms with Gasteiger partial charge in [-0.25, -0.2) is 0 Å². The fraction of sp³-hybridized carbons (Fsp3) is 0.409. The van der Waals surface area contributed by atoms with Gasteiger partial charge < -0.3 is 44.5 Å². The Morgan fingerprint density at radius 2 is 1.72 bits per heavy atom. The fourth-order valence-electron chi connectivity index (χ4n) is 3.60. The SMILES string of the molecule is O=C(Cc1ccc2c(c1)OCCO2)c1ccc(O[C@@H]2OC(CO)[C@H](O)C(O)C2O)cc1O. The van der Waals surface area contributed by atoms with Crippen molar-refractivity contribution < 1.29 is 49.3 Å². The van der Waals surface area contributed by atoms with Crippen LogP contribution in [0.15, 0.2) is 36.4 Å². The Balaban J connectivity index is 1.44. The molecule has 10 nitrogen and oxygen atoms in total. The first kappa shape index (κ1) is 22.3. The van der Waals surface area contributed by atoms with Gasteiger partial charge in [0, 0.05) is 12.5 Å². The minimum atomic E-state index is -1.59. The molecule has 0 radical (unpaired) electrons. The first-order valence-corrected chi connectivity index (χ1v) is 10.1. The highest BCUT2D eigenvalue weighted by molar-refractivity contribution is 6.00. The zero-order valence-electron chi connectivity index (χ0n) is 17.0. The van der Waals surface area contributed by atoms with E-state index in [1.54, 1.807) is 18.2 Å². The maximum absolute atomic E-state index is 12.7. The Hall–Kier alpha value is -2.89. The van der Waals surface area contributed by atoms with Gasteiger partial charge in [0.05, 0.1) is 12.2 Å². The molecule has 5 N–H and O–H groups in total. The van der Waals surface area contributed by atoms with E-state index < -0.39 is 37.3 Å². The van der Waals surface area contributed by atoms with Crippen LogP contribution in [0.3, 0.4) is 0 Å². The third kappa shape index (κ3) is 4.50. The molecule has 172 valence electrons. The molecule has 2 aliphatic rings. The molecule has 4 rings (SSSR count). The number of carbonyl (C=O) groups excluding carboxylic acids is 1. The lowest BCUT2D eigenvalue weighted by Gasteiger charge is -2.39. The van der Waals surface area contributed by atoms with Gasteiger partial charge in [0.25, 0.3) is 0 Å². The molecule has 2 aromatic rings. The number of ketones is 1. The van der Waals surface area contributed by atoms with Crippen LogP contribution in [0.2, 0.25) is 0 Å². The lowest BCUT2D eigenvalue weighted by Crippen LogP contribution is -2.60. The number of benzene rings is 2. The van der Waals surface area contributed by atoms with Gasteiger partial charge in [-0.3, -0.25) is 4.79 Å². The summed E-state index contributed by atoms with van der Waals surface area (Å²) < 4.78 is 21.7. The predicted octanol–water partition coefficient (Wildman–Crippen LogP) is -0.233. The van der Waals surface area contributed by atoms with E-state index in [1.807, 2.05) is 0 Å². The number of phenols is 1. The van der Waals surface area contributed by atoms with Crippen LogP contribution in [0, 0.1) is 0 Å². The summed E-state index contributed by atoms with van der Waals surface area (Å²) in [6.45, 7) is 0.307. The van der Waals surface area contributed by atoms with E-state index in [-0.39, 0.29) is 29.3 Å². The van der Waals surface area contributed by atoms with Crippen molar-refractivity contribution in [3.05, 3.63) is 47.5 Å². The average molecular weight is 448 g/mol. The van der Waals surface area contributed by atoms with Gasteiger partial charge in [0.1, 0.15) is 49.1 Å². The second kappa shape index (κ2) is 9.31. The van der Waals surface area contributed by atoms with Crippen molar-refractivity contribution in [3.8, 4) is 23.0 Å². The third-order valence-electron chi connectivity index (χ3n) is 5.34. The van der Waals surface area contributed by atoms with E-state index in [1.165, 1.54) is 18.2 Å². The molecule has 0 aliphatic carbocycles. The topological polar surface area (TPSA) is 155 Å². The van der Waals surface area contributed by atoms with Crippen molar-refractivity contribution in [1.82, 2.24) is 0 Å². The van der Waals surface area contributed by atoms with Crippen molar-refractivity contribution in [1.29, 1.82) is 0 Å². The zero-order chi connectivity index (χ0) is 22.8. The number of hydrogen-bond donors (Lipinski definition) is 5. The predicted molar refractivity (Wildman–Crippen MR) is 108 cm³/mol. The molecule has 0 aromatic heterocycles. The Labute approximate surface area is 183 Å². The second-order valence-corrected chi connectivity index (χ2v) is 7.57. The van der Waals surface area contributed by atoms with Crippen LogP contribution in [0.5, 0.6) is 23.0 Å². The highest BCUT2D eigenvalue weighted by Crippen LogP contribution is 2.32. The summed E-state index contributed by atoms with van der Waals surface area (Å²) in [6.07, 6.45) is -7.19. The molecule has 0 bridgehead atoms. The number of Topliss-reactive ketones (excluding diaryl/α,β-unsaturated/α-hetero) is 1. The van der Waals surface area contributed by atoms with E-state index in [0.29, 0.717) is 30.3 Å². The number of phenolic OH excluding ortho intramolecular Hbond substituents is 1. The number of rotatable bonds is 6. The molecule has 32 heavy (non-hydrogen) atoms. The van der Waals surface area contributed by atoms with Gasteiger partial charge in [-0.2, -0.15) is 0 Å². The molecule has 2 heterocycles. The first-order valence-electron chi connectivity index (χ1n) is 10.1. The number of hydrogen-bond acceptors (Lipinski definition) is 10. The standard InChI is InChI=1S/C22H24O10/c23-10-18-19(26)20(27)21(28)22(32-18)31-12-2-3-13(15(25)9-12)14(24)7-11-1-4-16-17(8-11)30-6-5-29-16/h1-4,8-9,18-23,25-28H,5-7,10H2/t18?,19-,20?,21?,22+/m0/s1. The van der Waals surface area contributed by atoms with Gasteiger partial charge >= 0.3 is 0 Å².